The lowest BCUT2D eigenvalue weighted by Crippen LogP contribution is -2.30. The van der Waals surface area contributed by atoms with Crippen LogP contribution in [0.1, 0.15) is 0 Å². The van der Waals surface area contributed by atoms with Gasteiger partial charge in [-0.15, -0.1) is 0 Å². The fraction of sp³-hybridized carbons (Fsp3) is 0.333. The molecule has 1 rings (SSSR count). The molecule has 0 unspecified atom stereocenters. The molecular formula is C9H13O2Si. The molecule has 0 aromatic heterocycles. The summed E-state index contributed by atoms with van der Waals surface area (Å²) in [5.41, 5.74) is 0. The van der Waals surface area contributed by atoms with Gasteiger partial charge in [-0.25, -0.2) is 0 Å². The third-order valence-corrected chi connectivity index (χ3v) is 3.66. The van der Waals surface area contributed by atoms with Gasteiger partial charge in [0.2, 0.25) is 0 Å². The van der Waals surface area contributed by atoms with Crippen molar-refractivity contribution in [2.45, 2.75) is 5.91 Å². The van der Waals surface area contributed by atoms with Gasteiger partial charge in [-0.05, 0) is 6.07 Å². The van der Waals surface area contributed by atoms with Crippen LogP contribution in [0.5, 0.6) is 0 Å². The lowest BCUT2D eigenvalue weighted by Gasteiger charge is -2.12. The molecule has 0 heterocycles. The van der Waals surface area contributed by atoms with Crippen molar-refractivity contribution >= 4 is 14.7 Å². The number of ether oxygens (including phenoxy) is 2. The fourth-order valence-corrected chi connectivity index (χ4v) is 2.24. The molecule has 65 valence electrons. The van der Waals surface area contributed by atoms with Crippen LogP contribution in [0.15, 0.2) is 24.3 Å². The van der Waals surface area contributed by atoms with E-state index in [2.05, 4.69) is 18.2 Å². The van der Waals surface area contributed by atoms with Crippen molar-refractivity contribution in [3.63, 3.8) is 0 Å². The van der Waals surface area contributed by atoms with E-state index in [1.165, 1.54) is 5.19 Å². The minimum atomic E-state index is -0.462. The van der Waals surface area contributed by atoms with E-state index >= 15 is 0 Å². The maximum absolute atomic E-state index is 5.13. The molecule has 0 saturated heterocycles. The van der Waals surface area contributed by atoms with E-state index in [9.17, 15) is 0 Å². The summed E-state index contributed by atoms with van der Waals surface area (Å²) in [4.78, 5) is 0. The van der Waals surface area contributed by atoms with Crippen LogP contribution in [0.3, 0.4) is 0 Å². The van der Waals surface area contributed by atoms with E-state index < -0.39 is 9.52 Å². The van der Waals surface area contributed by atoms with Crippen molar-refractivity contribution < 1.29 is 9.47 Å². The number of rotatable bonds is 4. The number of methoxy groups -OCH3 is 2. The average molecular weight is 181 g/mol. The van der Waals surface area contributed by atoms with Gasteiger partial charge in [-0.1, -0.05) is 29.5 Å². The second-order valence-corrected chi connectivity index (χ2v) is 4.40. The summed E-state index contributed by atoms with van der Waals surface area (Å²) in [7, 11) is 2.89. The number of hydrogen-bond donors (Lipinski definition) is 0. The molecule has 0 atom stereocenters. The molecule has 0 aliphatic rings. The van der Waals surface area contributed by atoms with Gasteiger partial charge >= 0.3 is 0 Å². The van der Waals surface area contributed by atoms with Gasteiger partial charge in [-0.3, -0.25) is 0 Å². The molecule has 1 radical (unpaired) electrons. The fourth-order valence-electron chi connectivity index (χ4n) is 1.01. The van der Waals surface area contributed by atoms with Crippen LogP contribution in [-0.4, -0.2) is 29.7 Å². The lowest BCUT2D eigenvalue weighted by atomic mass is 10.4. The molecule has 0 saturated carbocycles. The molecular weight excluding hydrogens is 168 g/mol. The van der Waals surface area contributed by atoms with Gasteiger partial charge in [0.15, 0.2) is 0 Å². The first-order valence-corrected chi connectivity index (χ1v) is 5.39. The molecule has 12 heavy (non-hydrogen) atoms. The second kappa shape index (κ2) is 5.08. The van der Waals surface area contributed by atoms with Crippen LogP contribution in [-0.2, 0) is 9.47 Å². The van der Waals surface area contributed by atoms with E-state index in [1.54, 1.807) is 14.2 Å². The molecule has 0 aliphatic carbocycles. The Bertz CT molecular complexity index is 209. The van der Waals surface area contributed by atoms with Gasteiger partial charge in [0.25, 0.3) is 0 Å². The molecule has 0 N–H and O–H groups in total. The summed E-state index contributed by atoms with van der Waals surface area (Å²) < 4.78 is 10.3. The van der Waals surface area contributed by atoms with Gasteiger partial charge in [0.05, 0.1) is 0 Å². The molecule has 0 amide bonds. The predicted molar refractivity (Wildman–Crippen MR) is 51.3 cm³/mol. The van der Waals surface area contributed by atoms with Gasteiger partial charge in [0.1, 0.15) is 15.4 Å². The van der Waals surface area contributed by atoms with Gasteiger partial charge in [-0.2, -0.15) is 0 Å². The van der Waals surface area contributed by atoms with E-state index in [0.717, 1.165) is 0 Å². The van der Waals surface area contributed by atoms with Crippen molar-refractivity contribution in [3.8, 4) is 0 Å². The summed E-state index contributed by atoms with van der Waals surface area (Å²) in [5.74, 6) is -0.00704. The second-order valence-electron chi connectivity index (χ2n) is 2.51. The van der Waals surface area contributed by atoms with Gasteiger partial charge < -0.3 is 9.47 Å². The minimum absolute atomic E-state index is 0.00704. The van der Waals surface area contributed by atoms with E-state index in [-0.39, 0.29) is 5.91 Å². The Labute approximate surface area is 75.3 Å². The highest BCUT2D eigenvalue weighted by Crippen LogP contribution is 1.89. The number of benzene rings is 1. The van der Waals surface area contributed by atoms with Crippen LogP contribution >= 0.6 is 0 Å². The Morgan fingerprint density at radius 3 is 2.33 bits per heavy atom. The van der Waals surface area contributed by atoms with Crippen molar-refractivity contribution in [3.05, 3.63) is 30.3 Å². The Hall–Kier alpha value is -0.643. The summed E-state index contributed by atoms with van der Waals surface area (Å²) in [6, 6.07) is 11.0. The maximum Gasteiger partial charge on any atom is 0.139 e. The van der Waals surface area contributed by atoms with E-state index in [0.29, 0.717) is 0 Å². The number of hydrogen-bond acceptors (Lipinski definition) is 2. The normalized spacial score (nSPS) is 11.6. The zero-order valence-corrected chi connectivity index (χ0v) is 8.82. The Morgan fingerprint density at radius 1 is 1.25 bits per heavy atom. The highest BCUT2D eigenvalue weighted by molar-refractivity contribution is 6.54. The molecule has 3 heteroatoms. The Morgan fingerprint density at radius 2 is 1.83 bits per heavy atom. The van der Waals surface area contributed by atoms with Crippen LogP contribution in [0.25, 0.3) is 0 Å². The lowest BCUT2D eigenvalue weighted by molar-refractivity contribution is -0.0429. The van der Waals surface area contributed by atoms with Crippen LogP contribution in [0.2, 0.25) is 0 Å². The largest absolute Gasteiger partial charge is 0.360 e. The van der Waals surface area contributed by atoms with Crippen LogP contribution < -0.4 is 5.19 Å². The Kier molecular flexibility index (Phi) is 4.00. The molecule has 0 spiro atoms. The Balaban J connectivity index is 2.51. The van der Waals surface area contributed by atoms with Crippen LogP contribution in [0.4, 0.5) is 0 Å². The quantitative estimate of drug-likeness (QED) is 0.475. The summed E-state index contributed by atoms with van der Waals surface area (Å²) >= 11 is 0. The average Bonchev–Trinajstić information content (AvgIpc) is 2.16. The predicted octanol–water partition coefficient (Wildman–Crippen LogP) is -0.143. The highest BCUT2D eigenvalue weighted by Gasteiger charge is 2.05. The summed E-state index contributed by atoms with van der Waals surface area (Å²) in [6.07, 6.45) is 0. The van der Waals surface area contributed by atoms with Gasteiger partial charge in [0, 0.05) is 14.2 Å². The van der Waals surface area contributed by atoms with Crippen molar-refractivity contribution in [1.29, 1.82) is 0 Å². The highest BCUT2D eigenvalue weighted by atomic mass is 28.2. The van der Waals surface area contributed by atoms with Crippen molar-refractivity contribution in [2.75, 3.05) is 14.2 Å². The monoisotopic (exact) mass is 181 g/mol. The third kappa shape index (κ3) is 2.77. The van der Waals surface area contributed by atoms with E-state index in [1.807, 2.05) is 12.1 Å². The standard InChI is InChI=1S/C9H13O2Si/c1-10-9(11-2)12-8-6-4-3-5-7-8/h4-7,9H,12H2,1-2H3. The van der Waals surface area contributed by atoms with Crippen molar-refractivity contribution in [2.24, 2.45) is 0 Å². The zero-order chi connectivity index (χ0) is 8.81. The molecule has 1 aromatic rings. The third-order valence-electron chi connectivity index (χ3n) is 1.72. The van der Waals surface area contributed by atoms with Crippen molar-refractivity contribution in [1.82, 2.24) is 0 Å². The first kappa shape index (κ1) is 9.44. The first-order valence-electron chi connectivity index (χ1n) is 3.87. The van der Waals surface area contributed by atoms with E-state index in [4.69, 9.17) is 9.47 Å². The summed E-state index contributed by atoms with van der Waals surface area (Å²) in [6.45, 7) is 0. The topological polar surface area (TPSA) is 18.5 Å². The smallest absolute Gasteiger partial charge is 0.139 e. The maximum atomic E-state index is 5.13. The minimum Gasteiger partial charge on any atom is -0.360 e. The van der Waals surface area contributed by atoms with Crippen LogP contribution in [0, 0.1) is 6.07 Å². The zero-order valence-electron chi connectivity index (χ0n) is 7.41. The molecule has 0 fully saturated rings. The first-order chi connectivity index (χ1) is 5.86. The molecule has 0 aliphatic heterocycles. The molecule has 1 aromatic carbocycles. The SMILES string of the molecule is COC(OC)[SiH2]c1cc[c]cc1. The molecule has 0 bridgehead atoms. The molecule has 2 nitrogen and oxygen atoms in total. The summed E-state index contributed by atoms with van der Waals surface area (Å²) in [5, 5.41) is 1.34.